The number of carbonyl (C=O) groups is 10. The number of unbranched alkanes of at least 4 members (excludes halogenated alkanes) is 1. The maximum absolute atomic E-state index is 15.5. The third-order valence-corrected chi connectivity index (χ3v) is 24.2. The van der Waals surface area contributed by atoms with Gasteiger partial charge < -0.3 is 78.4 Å². The van der Waals surface area contributed by atoms with Crippen LogP contribution in [0.25, 0.3) is 32.4 Å². The number of rotatable bonds is 29. The highest BCUT2D eigenvalue weighted by molar-refractivity contribution is 8.76. The van der Waals surface area contributed by atoms with Crippen LogP contribution in [-0.2, 0) is 78.0 Å². The third-order valence-electron chi connectivity index (χ3n) is 21.8. The Balaban J connectivity index is 0.885. The topological polar surface area (TPSA) is 428 Å². The lowest BCUT2D eigenvalue weighted by molar-refractivity contribution is -0.436. The second kappa shape index (κ2) is 40.7. The SMILES string of the molecule is C[C@@H](O)[C@H](NC(=O)[C@H]1CSSC[C@H](NC(=O)[C@@H](Cc2ccccc2)NNC(=O)CC[N+]2=C(/C=C/C=C/C=C/C=C3/N(CCC(=O)O)c4ccc5ccccc5c4C3(C)C)C(C)(C)c3c2ccc2ccccc32)C(=O)N[C@@H](Cc2ccc(O)cc2)C(=O)N[C@H](Cc2c[nH]c3ccccc23)C(=O)N[C@@H](CCCCN)C(=O)N[C@H]([C@@H](C)O)C(=O)N1)C(=O)O. The van der Waals surface area contributed by atoms with Crippen molar-refractivity contribution in [2.24, 2.45) is 5.73 Å². The molecule has 1 fully saturated rings. The van der Waals surface area contributed by atoms with Gasteiger partial charge in [0, 0.05) is 82.5 Å². The molecule has 0 radical (unpaired) electrons. The third kappa shape index (κ3) is 21.9. The smallest absolute Gasteiger partial charge is 0.328 e. The van der Waals surface area contributed by atoms with Gasteiger partial charge in [0.1, 0.15) is 48.0 Å². The number of phenolic OH excluding ortho intramolecular Hbond substituents is 1. The molecule has 3 aliphatic rings. The predicted molar refractivity (Wildman–Crippen MR) is 465 cm³/mol. The number of carboxylic acids is 2. The summed E-state index contributed by atoms with van der Waals surface area (Å²) in [5.41, 5.74) is 18.8. The second-order valence-corrected chi connectivity index (χ2v) is 33.7. The number of benzene rings is 7. The number of H-pyrrole nitrogens is 1. The van der Waals surface area contributed by atoms with Crippen molar-refractivity contribution in [3.8, 4) is 5.75 Å². The minimum atomic E-state index is -1.88. The number of aliphatic hydroxyl groups excluding tert-OH is 2. The van der Waals surface area contributed by atoms with Gasteiger partial charge in [-0.05, 0) is 140 Å². The lowest BCUT2D eigenvalue weighted by Gasteiger charge is -2.29. The molecule has 8 aromatic rings. The Hall–Kier alpha value is -11.9. The number of fused-ring (bicyclic) bond motifs is 7. The van der Waals surface area contributed by atoms with E-state index in [-0.39, 0.29) is 69.5 Å². The number of phenols is 1. The average Bonchev–Trinajstić information content (AvgIpc) is 1.58. The molecule has 0 unspecified atom stereocenters. The van der Waals surface area contributed by atoms with Gasteiger partial charge in [-0.25, -0.2) is 10.2 Å². The highest BCUT2D eigenvalue weighted by Crippen LogP contribution is 2.51. The number of carbonyl (C=O) groups excluding carboxylic acids is 8. The first-order chi connectivity index (χ1) is 57.5. The van der Waals surface area contributed by atoms with E-state index in [1.165, 1.54) is 31.2 Å². The molecule has 28 nitrogen and oxygen atoms in total. The molecule has 30 heteroatoms. The molecule has 7 aromatic carbocycles. The summed E-state index contributed by atoms with van der Waals surface area (Å²) in [5, 5.41) is 75.3. The normalized spacial score (nSPS) is 20.7. The fourth-order valence-corrected chi connectivity index (χ4v) is 17.9. The van der Waals surface area contributed by atoms with Crippen molar-refractivity contribution >= 4 is 130 Å². The van der Waals surface area contributed by atoms with Gasteiger partial charge >= 0.3 is 11.9 Å². The summed E-state index contributed by atoms with van der Waals surface area (Å²) in [6.45, 7) is 11.6. The summed E-state index contributed by atoms with van der Waals surface area (Å²) in [7, 11) is 1.79. The Kier molecular flexibility index (Phi) is 30.1. The molecule has 10 atom stereocenters. The lowest BCUT2D eigenvalue weighted by atomic mass is 9.79. The summed E-state index contributed by atoms with van der Waals surface area (Å²) in [6.07, 6.45) is 12.0. The monoisotopic (exact) mass is 1670 g/mol. The molecule has 8 amide bonds. The van der Waals surface area contributed by atoms with Crippen LogP contribution in [0.1, 0.15) is 101 Å². The summed E-state index contributed by atoms with van der Waals surface area (Å²) in [6, 6.07) is 33.6. The number of amides is 8. The number of nitrogens with two attached hydrogens (primary N) is 1. The number of aromatic nitrogens is 1. The fraction of sp³-hybridized carbons (Fsp3) is 0.344. The van der Waals surface area contributed by atoms with Crippen LogP contribution in [0, 0.1) is 0 Å². The van der Waals surface area contributed by atoms with Gasteiger partial charge in [-0.2, -0.15) is 4.58 Å². The van der Waals surface area contributed by atoms with Gasteiger partial charge in [0.25, 0.3) is 0 Å². The first kappa shape index (κ1) is 88.9. The van der Waals surface area contributed by atoms with Crippen molar-refractivity contribution in [3.63, 3.8) is 0 Å². The minimum absolute atomic E-state index is 0.0450. The van der Waals surface area contributed by atoms with E-state index in [2.05, 4.69) is 127 Å². The maximum Gasteiger partial charge on any atom is 0.328 e. The van der Waals surface area contributed by atoms with E-state index in [0.29, 0.717) is 40.6 Å². The number of nitrogens with zero attached hydrogens (tertiary/aromatic N) is 2. The summed E-state index contributed by atoms with van der Waals surface area (Å²) in [4.78, 5) is 149. The van der Waals surface area contributed by atoms with Crippen molar-refractivity contribution in [3.05, 3.63) is 234 Å². The first-order valence-electron chi connectivity index (χ1n) is 40.0. The van der Waals surface area contributed by atoms with Gasteiger partial charge in [0.15, 0.2) is 18.3 Å². The highest BCUT2D eigenvalue weighted by Gasteiger charge is 2.47. The van der Waals surface area contributed by atoms with Crippen LogP contribution in [0.15, 0.2) is 206 Å². The number of aliphatic hydroxyl groups is 2. The van der Waals surface area contributed by atoms with Gasteiger partial charge in [-0.1, -0.05) is 181 Å². The molecule has 4 heterocycles. The zero-order valence-corrected chi connectivity index (χ0v) is 69.3. The van der Waals surface area contributed by atoms with Gasteiger partial charge in [0.05, 0.1) is 30.5 Å². The molecule has 630 valence electrons. The van der Waals surface area contributed by atoms with E-state index in [1.54, 1.807) is 48.7 Å². The maximum atomic E-state index is 15.5. The predicted octanol–water partition coefficient (Wildman–Crippen LogP) is 7.25. The van der Waals surface area contributed by atoms with E-state index in [9.17, 15) is 54.3 Å². The van der Waals surface area contributed by atoms with Gasteiger partial charge in [-0.15, -0.1) is 0 Å². The minimum Gasteiger partial charge on any atom is -0.508 e. The van der Waals surface area contributed by atoms with E-state index >= 15 is 19.2 Å². The van der Waals surface area contributed by atoms with Crippen LogP contribution in [-0.4, -0.2) is 192 Å². The Morgan fingerprint density at radius 2 is 1.25 bits per heavy atom. The molecule has 0 spiro atoms. The van der Waals surface area contributed by atoms with E-state index in [1.807, 2.05) is 91.1 Å². The molecular formula is C90H104N13O15S2+. The summed E-state index contributed by atoms with van der Waals surface area (Å²) < 4.78 is 2.11. The van der Waals surface area contributed by atoms with Crippen LogP contribution in [0.5, 0.6) is 5.75 Å². The molecule has 0 aliphatic carbocycles. The number of nitrogens with one attached hydrogen (secondary N) is 10. The van der Waals surface area contributed by atoms with Crippen LogP contribution >= 0.6 is 21.6 Å². The molecule has 17 N–H and O–H groups in total. The largest absolute Gasteiger partial charge is 0.508 e. The molecule has 0 bridgehead atoms. The lowest BCUT2D eigenvalue weighted by Crippen LogP contribution is -2.62. The van der Waals surface area contributed by atoms with Crippen molar-refractivity contribution in [2.75, 3.05) is 36.0 Å². The Morgan fingerprint density at radius 1 is 0.633 bits per heavy atom. The molecule has 11 rings (SSSR count). The number of aliphatic carboxylic acids is 2. The van der Waals surface area contributed by atoms with Crippen LogP contribution in [0.2, 0.25) is 0 Å². The summed E-state index contributed by atoms with van der Waals surface area (Å²) >= 11 is 0. The van der Waals surface area contributed by atoms with Crippen LogP contribution < -0.4 is 58.7 Å². The number of allylic oxidation sites excluding steroid dienone is 8. The van der Waals surface area contributed by atoms with E-state index in [0.717, 1.165) is 84.0 Å². The second-order valence-electron chi connectivity index (χ2n) is 31.2. The zero-order chi connectivity index (χ0) is 86.0. The van der Waals surface area contributed by atoms with Crippen LogP contribution in [0.3, 0.4) is 0 Å². The number of hydrazine groups is 1. The Bertz CT molecular complexity index is 5280. The Labute approximate surface area is 703 Å². The highest BCUT2D eigenvalue weighted by atomic mass is 33.1. The summed E-state index contributed by atoms with van der Waals surface area (Å²) in [5.74, 6) is -10.6. The average molecular weight is 1670 g/mol. The van der Waals surface area contributed by atoms with Crippen molar-refractivity contribution in [1.82, 2.24) is 53.1 Å². The number of aromatic hydroxyl groups is 1. The van der Waals surface area contributed by atoms with Crippen LogP contribution in [0.4, 0.5) is 11.4 Å². The number of aromatic amines is 1. The van der Waals surface area contributed by atoms with Gasteiger partial charge in [-0.3, -0.25) is 48.6 Å². The number of para-hydroxylation sites is 1. The molecule has 120 heavy (non-hydrogen) atoms. The molecule has 3 aliphatic heterocycles. The molecular weight excluding hydrogens is 1570 g/mol. The molecule has 1 aromatic heterocycles. The zero-order valence-electron chi connectivity index (χ0n) is 67.6. The molecule has 0 saturated carbocycles. The quantitative estimate of drug-likeness (QED) is 0.00721. The number of hydrogen-bond acceptors (Lipinski definition) is 18. The van der Waals surface area contributed by atoms with E-state index in [4.69, 9.17) is 5.73 Å². The molecule has 1 saturated heterocycles. The Morgan fingerprint density at radius 3 is 1.93 bits per heavy atom. The first-order valence-corrected chi connectivity index (χ1v) is 42.5. The van der Waals surface area contributed by atoms with Gasteiger partial charge in [0.2, 0.25) is 52.9 Å². The van der Waals surface area contributed by atoms with Crippen molar-refractivity contribution in [2.45, 2.75) is 164 Å². The number of anilines is 1. The standard InChI is InChI=1S/C90H103N13O15S2/c1-53(104)79-87(116)97-70(86(115)99-80(54(2)105)88(117)118)52-120-119-51-69(85(114)94-66(47-56-34-38-60(106)39-35-56)82(111)95-67(49-59-50-92-64-30-20-19-27-61(59)64)83(112)93-65(81(110)98-79)31-21-22-44-91)96-84(113)68(48-55-23-11-10-12-24-55)100-101-75(107)42-45-102-71-40-36-57-25-15-17-28-62(57)77(71)89(3,4)73(102)32-13-8-7-9-14-33-74-90(5,6)78-63-29-18-16-26-58(63)37-41-72(78)103(74)46-43-76(108)109/h7-20,23-30,32-41,50,53-54,65-70,79-80,92,100,104-105H,21-22,31,42-49,51-52,91H2,1-6H3,(H10-,93,94,95,96,97,98,99,101,106,107,108,109,110,111,112,113,114,115,116,117,118)/p+1/t53-,54-,65+,66+,67-,68-,69+,70-,79-,80+/m1/s1. The number of hydrogen-bond donors (Lipinski definition) is 16. The number of carboxylic acid groups (broad SMARTS) is 2. The van der Waals surface area contributed by atoms with Crippen molar-refractivity contribution < 1.29 is 78.1 Å². The van der Waals surface area contributed by atoms with Crippen molar-refractivity contribution in [1.29, 1.82) is 0 Å². The fourth-order valence-electron chi connectivity index (χ4n) is 15.6. The van der Waals surface area contributed by atoms with E-state index < -0.39 is 136 Å².